The number of carboxylic acid groups (broad SMARTS) is 1. The van der Waals surface area contributed by atoms with Crippen LogP contribution in [-0.4, -0.2) is 24.8 Å². The maximum absolute atomic E-state index is 11.1. The van der Waals surface area contributed by atoms with Gasteiger partial charge in [-0.2, -0.15) is 5.26 Å². The Morgan fingerprint density at radius 1 is 1.12 bits per heavy atom. The fourth-order valence-corrected chi connectivity index (χ4v) is 4.99. The molecule has 0 amide bonds. The number of aliphatic carboxylic acids is 1. The maximum atomic E-state index is 11.1. The molecular weight excluding hydrogens is 430 g/mol. The molecule has 1 aliphatic heterocycles. The van der Waals surface area contributed by atoms with Gasteiger partial charge in [0.2, 0.25) is 0 Å². The molecule has 6 heteroatoms. The first-order valence-corrected chi connectivity index (χ1v) is 11.4. The molecule has 34 heavy (non-hydrogen) atoms. The molecule has 0 fully saturated rings. The second kappa shape index (κ2) is 9.11. The highest BCUT2D eigenvalue weighted by atomic mass is 16.5. The molecule has 3 aromatic rings. The van der Waals surface area contributed by atoms with E-state index in [1.165, 1.54) is 5.56 Å². The SMILES string of the molecule is COc1ccc(Cc2c(C#N)ccc3c2CC[C@H]3Oc2ccc3c(c2)OCC3CC(=O)O)cc1. The van der Waals surface area contributed by atoms with Crippen molar-refractivity contribution in [2.24, 2.45) is 0 Å². The Bertz CT molecular complexity index is 1280. The molecule has 0 radical (unpaired) electrons. The van der Waals surface area contributed by atoms with Crippen molar-refractivity contribution in [2.45, 2.75) is 37.7 Å². The fraction of sp³-hybridized carbons (Fsp3) is 0.286. The first-order valence-electron chi connectivity index (χ1n) is 11.4. The summed E-state index contributed by atoms with van der Waals surface area (Å²) < 4.78 is 17.3. The standard InChI is InChI=1S/C28H25NO5/c1-32-20-5-2-17(3-6-20)12-25-18(15-29)4-8-24-23(25)10-11-26(24)34-21-7-9-22-19(13-28(30)31)16-33-27(22)14-21/h2-9,14,19,26H,10-13,16H2,1H3,(H,30,31)/t19?,26-/m1/s1. The van der Waals surface area contributed by atoms with Crippen molar-refractivity contribution in [1.82, 2.24) is 0 Å². The van der Waals surface area contributed by atoms with Gasteiger partial charge < -0.3 is 19.3 Å². The number of methoxy groups -OCH3 is 1. The van der Waals surface area contributed by atoms with Gasteiger partial charge in [0.15, 0.2) is 0 Å². The van der Waals surface area contributed by atoms with E-state index in [1.807, 2.05) is 54.6 Å². The third kappa shape index (κ3) is 4.17. The number of hydrogen-bond acceptors (Lipinski definition) is 5. The number of nitriles is 1. The van der Waals surface area contributed by atoms with Gasteiger partial charge in [0, 0.05) is 17.5 Å². The Kier molecular flexibility index (Phi) is 5.85. The highest BCUT2D eigenvalue weighted by molar-refractivity contribution is 5.68. The van der Waals surface area contributed by atoms with E-state index in [0.29, 0.717) is 30.1 Å². The quantitative estimate of drug-likeness (QED) is 0.528. The zero-order chi connectivity index (χ0) is 23.7. The lowest BCUT2D eigenvalue weighted by Gasteiger charge is -2.17. The highest BCUT2D eigenvalue weighted by Gasteiger charge is 2.30. The second-order valence-electron chi connectivity index (χ2n) is 8.75. The molecule has 0 aromatic heterocycles. The number of ether oxygens (including phenoxy) is 3. The molecule has 0 bridgehead atoms. The molecule has 5 rings (SSSR count). The Balaban J connectivity index is 1.38. The van der Waals surface area contributed by atoms with Crippen molar-refractivity contribution in [3.63, 3.8) is 0 Å². The first-order chi connectivity index (χ1) is 16.6. The van der Waals surface area contributed by atoms with Crippen LogP contribution in [0.3, 0.4) is 0 Å². The fourth-order valence-electron chi connectivity index (χ4n) is 4.99. The van der Waals surface area contributed by atoms with Crippen LogP contribution in [0.1, 0.15) is 58.2 Å². The molecule has 1 unspecified atom stereocenters. The van der Waals surface area contributed by atoms with Crippen molar-refractivity contribution < 1.29 is 24.1 Å². The summed E-state index contributed by atoms with van der Waals surface area (Å²) in [7, 11) is 1.65. The van der Waals surface area contributed by atoms with Gasteiger partial charge in [-0.1, -0.05) is 24.3 Å². The van der Waals surface area contributed by atoms with Crippen molar-refractivity contribution in [3.8, 4) is 23.3 Å². The minimum Gasteiger partial charge on any atom is -0.497 e. The monoisotopic (exact) mass is 455 g/mol. The Hall–Kier alpha value is -3.98. The lowest BCUT2D eigenvalue weighted by atomic mass is 9.92. The van der Waals surface area contributed by atoms with Crippen LogP contribution in [0, 0.1) is 11.3 Å². The average Bonchev–Trinajstić information content (AvgIpc) is 3.43. The van der Waals surface area contributed by atoms with Crippen LogP contribution in [0.2, 0.25) is 0 Å². The number of fused-ring (bicyclic) bond motifs is 2. The first kappa shape index (κ1) is 21.8. The summed E-state index contributed by atoms with van der Waals surface area (Å²) in [6, 6.07) is 19.9. The number of rotatable bonds is 7. The molecule has 3 aromatic carbocycles. The van der Waals surface area contributed by atoms with E-state index < -0.39 is 5.97 Å². The molecule has 172 valence electrons. The summed E-state index contributed by atoms with van der Waals surface area (Å²) >= 11 is 0. The van der Waals surface area contributed by atoms with E-state index >= 15 is 0 Å². The van der Waals surface area contributed by atoms with Gasteiger partial charge in [0.05, 0.1) is 31.8 Å². The number of carbonyl (C=O) groups is 1. The van der Waals surface area contributed by atoms with E-state index in [1.54, 1.807) is 7.11 Å². The number of benzene rings is 3. The summed E-state index contributed by atoms with van der Waals surface area (Å²) in [5.41, 5.74) is 6.12. The largest absolute Gasteiger partial charge is 0.497 e. The molecule has 1 aliphatic carbocycles. The van der Waals surface area contributed by atoms with E-state index in [4.69, 9.17) is 19.3 Å². The summed E-state index contributed by atoms with van der Waals surface area (Å²) in [5, 5.41) is 18.8. The van der Waals surface area contributed by atoms with E-state index in [-0.39, 0.29) is 18.4 Å². The predicted molar refractivity (Wildman–Crippen MR) is 126 cm³/mol. The Morgan fingerprint density at radius 3 is 2.62 bits per heavy atom. The van der Waals surface area contributed by atoms with Crippen LogP contribution in [0.25, 0.3) is 0 Å². The molecule has 0 saturated carbocycles. The summed E-state index contributed by atoms with van der Waals surface area (Å²) in [5.74, 6) is 1.25. The summed E-state index contributed by atoms with van der Waals surface area (Å²) in [6.07, 6.45) is 2.32. The predicted octanol–water partition coefficient (Wildman–Crippen LogP) is 5.17. The van der Waals surface area contributed by atoms with E-state index in [9.17, 15) is 10.1 Å². The zero-order valence-corrected chi connectivity index (χ0v) is 18.9. The van der Waals surface area contributed by atoms with Crippen LogP contribution < -0.4 is 14.2 Å². The highest BCUT2D eigenvalue weighted by Crippen LogP contribution is 2.42. The lowest BCUT2D eigenvalue weighted by Crippen LogP contribution is -2.07. The smallest absolute Gasteiger partial charge is 0.304 e. The van der Waals surface area contributed by atoms with Crippen molar-refractivity contribution in [2.75, 3.05) is 13.7 Å². The zero-order valence-electron chi connectivity index (χ0n) is 18.9. The molecule has 2 aliphatic rings. The van der Waals surface area contributed by atoms with Crippen molar-refractivity contribution >= 4 is 5.97 Å². The van der Waals surface area contributed by atoms with Gasteiger partial charge in [-0.3, -0.25) is 4.79 Å². The Labute approximate surface area is 198 Å². The number of carboxylic acids is 1. The summed E-state index contributed by atoms with van der Waals surface area (Å²) in [6.45, 7) is 0.378. The minimum absolute atomic E-state index is 0.0569. The van der Waals surface area contributed by atoms with Crippen LogP contribution in [0.5, 0.6) is 17.2 Å². The van der Waals surface area contributed by atoms with E-state index in [2.05, 4.69) is 6.07 Å². The topological polar surface area (TPSA) is 88.8 Å². The molecule has 0 spiro atoms. The van der Waals surface area contributed by atoms with Gasteiger partial charge in [0.1, 0.15) is 23.4 Å². The van der Waals surface area contributed by atoms with Gasteiger partial charge in [0.25, 0.3) is 0 Å². The van der Waals surface area contributed by atoms with Crippen LogP contribution in [0.15, 0.2) is 54.6 Å². The van der Waals surface area contributed by atoms with Crippen LogP contribution in [-0.2, 0) is 17.6 Å². The number of hydrogen-bond donors (Lipinski definition) is 1. The van der Waals surface area contributed by atoms with Crippen molar-refractivity contribution in [3.05, 3.63) is 88.0 Å². The van der Waals surface area contributed by atoms with Crippen LogP contribution in [0.4, 0.5) is 0 Å². The normalized spacial score (nSPS) is 17.9. The third-order valence-electron chi connectivity index (χ3n) is 6.70. The maximum Gasteiger partial charge on any atom is 0.304 e. The Morgan fingerprint density at radius 2 is 1.88 bits per heavy atom. The number of nitrogens with zero attached hydrogens (tertiary/aromatic N) is 1. The van der Waals surface area contributed by atoms with Crippen molar-refractivity contribution in [1.29, 1.82) is 5.26 Å². The van der Waals surface area contributed by atoms with Gasteiger partial charge in [-0.05, 0) is 65.8 Å². The molecule has 2 atom stereocenters. The lowest BCUT2D eigenvalue weighted by molar-refractivity contribution is -0.137. The molecule has 0 saturated heterocycles. The van der Waals surface area contributed by atoms with Gasteiger partial charge in [-0.25, -0.2) is 0 Å². The van der Waals surface area contributed by atoms with Gasteiger partial charge in [-0.15, -0.1) is 0 Å². The molecule has 6 nitrogen and oxygen atoms in total. The third-order valence-corrected chi connectivity index (χ3v) is 6.70. The van der Waals surface area contributed by atoms with E-state index in [0.717, 1.165) is 40.8 Å². The van der Waals surface area contributed by atoms with Gasteiger partial charge >= 0.3 is 5.97 Å². The minimum atomic E-state index is -0.827. The average molecular weight is 456 g/mol. The molecule has 1 N–H and O–H groups in total. The summed E-state index contributed by atoms with van der Waals surface area (Å²) in [4.78, 5) is 11.1. The van der Waals surface area contributed by atoms with Crippen LogP contribution >= 0.6 is 0 Å². The second-order valence-corrected chi connectivity index (χ2v) is 8.75. The molecule has 1 heterocycles. The molecular formula is C28H25NO5.